The van der Waals surface area contributed by atoms with Gasteiger partial charge in [0.15, 0.2) is 0 Å². The second-order valence-electron chi connectivity index (χ2n) is 7.32. The zero-order valence-corrected chi connectivity index (χ0v) is 13.4. The van der Waals surface area contributed by atoms with Crippen molar-refractivity contribution in [1.29, 1.82) is 0 Å². The standard InChI is InChI=1S/C17H31NO2/c1-4-9-17(16(19)20)10-11-18(12-17)15-8-6-5-7-14(15)13(2)3/h13-15H,4-12H2,1-3H3,(H,19,20). The van der Waals surface area contributed by atoms with Crippen molar-refractivity contribution in [3.63, 3.8) is 0 Å². The van der Waals surface area contributed by atoms with Gasteiger partial charge in [0.1, 0.15) is 0 Å². The first-order valence-corrected chi connectivity index (χ1v) is 8.47. The number of hydrogen-bond donors (Lipinski definition) is 1. The molecule has 1 saturated carbocycles. The Kier molecular flexibility index (Phi) is 5.11. The van der Waals surface area contributed by atoms with Gasteiger partial charge in [0.25, 0.3) is 0 Å². The molecule has 0 aromatic carbocycles. The predicted molar refractivity (Wildman–Crippen MR) is 81.8 cm³/mol. The highest BCUT2D eigenvalue weighted by Crippen LogP contribution is 2.41. The van der Waals surface area contributed by atoms with E-state index in [1.165, 1.54) is 25.7 Å². The maximum Gasteiger partial charge on any atom is 0.310 e. The third-order valence-corrected chi connectivity index (χ3v) is 5.67. The molecule has 0 aromatic heterocycles. The highest BCUT2D eigenvalue weighted by molar-refractivity contribution is 5.75. The molecular weight excluding hydrogens is 250 g/mol. The summed E-state index contributed by atoms with van der Waals surface area (Å²) in [5.74, 6) is 0.903. The van der Waals surface area contributed by atoms with Crippen molar-refractivity contribution in [1.82, 2.24) is 4.90 Å². The number of hydrogen-bond acceptors (Lipinski definition) is 2. The van der Waals surface area contributed by atoms with Crippen LogP contribution >= 0.6 is 0 Å². The van der Waals surface area contributed by atoms with E-state index in [1.807, 2.05) is 0 Å². The lowest BCUT2D eigenvalue weighted by atomic mass is 9.77. The molecule has 0 radical (unpaired) electrons. The molecule has 0 spiro atoms. The Morgan fingerprint density at radius 2 is 2.05 bits per heavy atom. The summed E-state index contributed by atoms with van der Waals surface area (Å²) in [6.07, 6.45) is 7.91. The Morgan fingerprint density at radius 1 is 1.35 bits per heavy atom. The number of aliphatic carboxylic acids is 1. The van der Waals surface area contributed by atoms with E-state index in [0.29, 0.717) is 12.0 Å². The minimum atomic E-state index is -0.571. The Morgan fingerprint density at radius 3 is 2.65 bits per heavy atom. The summed E-state index contributed by atoms with van der Waals surface area (Å²) in [4.78, 5) is 14.3. The SMILES string of the molecule is CCCC1(C(=O)O)CCN(C2CCCCC2C(C)C)C1. The number of rotatable bonds is 5. The highest BCUT2D eigenvalue weighted by atomic mass is 16.4. The average Bonchev–Trinajstić information content (AvgIpc) is 2.85. The topological polar surface area (TPSA) is 40.5 Å². The van der Waals surface area contributed by atoms with Crippen molar-refractivity contribution < 1.29 is 9.90 Å². The van der Waals surface area contributed by atoms with E-state index in [0.717, 1.165) is 38.3 Å². The summed E-state index contributed by atoms with van der Waals surface area (Å²) < 4.78 is 0. The molecule has 0 aromatic rings. The normalized spacial score (nSPS) is 35.6. The molecule has 1 aliphatic carbocycles. The van der Waals surface area contributed by atoms with Gasteiger partial charge in [-0.05, 0) is 44.1 Å². The van der Waals surface area contributed by atoms with Crippen LogP contribution in [-0.2, 0) is 4.79 Å². The van der Waals surface area contributed by atoms with Gasteiger partial charge in [0.05, 0.1) is 5.41 Å². The molecule has 0 bridgehead atoms. The maximum absolute atomic E-state index is 11.7. The van der Waals surface area contributed by atoms with E-state index in [-0.39, 0.29) is 0 Å². The van der Waals surface area contributed by atoms with Gasteiger partial charge >= 0.3 is 5.97 Å². The molecule has 3 atom stereocenters. The highest BCUT2D eigenvalue weighted by Gasteiger charge is 2.47. The third kappa shape index (κ3) is 3.03. The Labute approximate surface area is 123 Å². The second-order valence-corrected chi connectivity index (χ2v) is 7.32. The van der Waals surface area contributed by atoms with Gasteiger partial charge in [-0.15, -0.1) is 0 Å². The Bertz CT molecular complexity index is 342. The van der Waals surface area contributed by atoms with E-state index in [4.69, 9.17) is 0 Å². The average molecular weight is 281 g/mol. The summed E-state index contributed by atoms with van der Waals surface area (Å²) in [7, 11) is 0. The molecule has 2 fully saturated rings. The van der Waals surface area contributed by atoms with Crippen molar-refractivity contribution in [2.75, 3.05) is 13.1 Å². The second kappa shape index (κ2) is 6.46. The van der Waals surface area contributed by atoms with Crippen LogP contribution in [0.25, 0.3) is 0 Å². The molecule has 0 amide bonds. The summed E-state index contributed by atoms with van der Waals surface area (Å²) >= 11 is 0. The van der Waals surface area contributed by atoms with Gasteiger partial charge in [-0.25, -0.2) is 0 Å². The number of nitrogens with zero attached hydrogens (tertiary/aromatic N) is 1. The molecule has 3 unspecified atom stereocenters. The first kappa shape index (κ1) is 15.8. The van der Waals surface area contributed by atoms with Gasteiger partial charge in [-0.1, -0.05) is 40.0 Å². The monoisotopic (exact) mass is 281 g/mol. The quantitative estimate of drug-likeness (QED) is 0.833. The van der Waals surface area contributed by atoms with E-state index < -0.39 is 11.4 Å². The van der Waals surface area contributed by atoms with Gasteiger partial charge in [0.2, 0.25) is 0 Å². The van der Waals surface area contributed by atoms with E-state index in [9.17, 15) is 9.90 Å². The maximum atomic E-state index is 11.7. The predicted octanol–water partition coefficient (Wildman–Crippen LogP) is 3.78. The van der Waals surface area contributed by atoms with Crippen LogP contribution in [0.5, 0.6) is 0 Å². The molecule has 1 N–H and O–H groups in total. The number of carboxylic acids is 1. The van der Waals surface area contributed by atoms with Crippen molar-refractivity contribution in [2.45, 2.75) is 71.8 Å². The van der Waals surface area contributed by atoms with Crippen molar-refractivity contribution >= 4 is 5.97 Å². The van der Waals surface area contributed by atoms with Gasteiger partial charge in [-0.2, -0.15) is 0 Å². The molecule has 1 aliphatic heterocycles. The van der Waals surface area contributed by atoms with Crippen LogP contribution in [0.1, 0.15) is 65.7 Å². The first-order chi connectivity index (χ1) is 9.50. The van der Waals surface area contributed by atoms with Crippen LogP contribution in [-0.4, -0.2) is 35.1 Å². The molecule has 1 saturated heterocycles. The molecule has 116 valence electrons. The largest absolute Gasteiger partial charge is 0.481 e. The van der Waals surface area contributed by atoms with Crippen LogP contribution in [0.2, 0.25) is 0 Å². The Balaban J connectivity index is 2.08. The fourth-order valence-electron chi connectivity index (χ4n) is 4.52. The molecule has 20 heavy (non-hydrogen) atoms. The summed E-state index contributed by atoms with van der Waals surface area (Å²) in [5.41, 5.74) is -0.465. The number of likely N-dealkylation sites (tertiary alicyclic amines) is 1. The lowest BCUT2D eigenvalue weighted by Gasteiger charge is -2.40. The fourth-order valence-corrected chi connectivity index (χ4v) is 4.52. The summed E-state index contributed by atoms with van der Waals surface area (Å²) in [6.45, 7) is 8.53. The molecule has 1 heterocycles. The molecule has 2 aliphatic rings. The molecule has 2 rings (SSSR count). The van der Waals surface area contributed by atoms with E-state index >= 15 is 0 Å². The van der Waals surface area contributed by atoms with Crippen LogP contribution in [0.4, 0.5) is 0 Å². The number of carboxylic acid groups (broad SMARTS) is 1. The van der Waals surface area contributed by atoms with Crippen molar-refractivity contribution in [2.24, 2.45) is 17.3 Å². The van der Waals surface area contributed by atoms with Crippen LogP contribution in [0.3, 0.4) is 0 Å². The number of carbonyl (C=O) groups is 1. The summed E-state index contributed by atoms with van der Waals surface area (Å²) in [6, 6.07) is 0.627. The van der Waals surface area contributed by atoms with Gasteiger partial charge in [-0.3, -0.25) is 9.69 Å². The third-order valence-electron chi connectivity index (χ3n) is 5.67. The lowest BCUT2D eigenvalue weighted by Crippen LogP contribution is -2.45. The van der Waals surface area contributed by atoms with Gasteiger partial charge < -0.3 is 5.11 Å². The van der Waals surface area contributed by atoms with Crippen LogP contribution in [0, 0.1) is 17.3 Å². The zero-order valence-electron chi connectivity index (χ0n) is 13.4. The fraction of sp³-hybridized carbons (Fsp3) is 0.941. The van der Waals surface area contributed by atoms with Crippen LogP contribution in [0.15, 0.2) is 0 Å². The molecular formula is C17H31NO2. The smallest absolute Gasteiger partial charge is 0.310 e. The van der Waals surface area contributed by atoms with E-state index in [1.54, 1.807) is 0 Å². The van der Waals surface area contributed by atoms with Crippen LogP contribution < -0.4 is 0 Å². The minimum Gasteiger partial charge on any atom is -0.481 e. The van der Waals surface area contributed by atoms with E-state index in [2.05, 4.69) is 25.7 Å². The lowest BCUT2D eigenvalue weighted by molar-refractivity contribution is -0.148. The van der Waals surface area contributed by atoms with Gasteiger partial charge in [0, 0.05) is 12.6 Å². The molecule has 3 heteroatoms. The van der Waals surface area contributed by atoms with Crippen molar-refractivity contribution in [3.05, 3.63) is 0 Å². The summed E-state index contributed by atoms with van der Waals surface area (Å²) in [5, 5.41) is 9.66. The zero-order chi connectivity index (χ0) is 14.8. The minimum absolute atomic E-state index is 0.465. The molecule has 3 nitrogen and oxygen atoms in total. The Hall–Kier alpha value is -0.570. The van der Waals surface area contributed by atoms with Crippen molar-refractivity contribution in [3.8, 4) is 0 Å². The first-order valence-electron chi connectivity index (χ1n) is 8.47.